The van der Waals surface area contributed by atoms with Crippen molar-refractivity contribution in [3.63, 3.8) is 0 Å². The van der Waals surface area contributed by atoms with Gasteiger partial charge in [-0.05, 0) is 30.5 Å². The van der Waals surface area contributed by atoms with Gasteiger partial charge in [-0.2, -0.15) is 0 Å². The van der Waals surface area contributed by atoms with E-state index in [0.29, 0.717) is 23.6 Å². The van der Waals surface area contributed by atoms with Crippen LogP contribution in [0.25, 0.3) is 0 Å². The molecule has 0 aromatic heterocycles. The number of carbonyl (C=O) groups is 2. The van der Waals surface area contributed by atoms with Crippen molar-refractivity contribution in [3.8, 4) is 17.2 Å². The summed E-state index contributed by atoms with van der Waals surface area (Å²) in [6.07, 6.45) is 0.804. The molecule has 0 atom stereocenters. The van der Waals surface area contributed by atoms with Crippen molar-refractivity contribution in [1.82, 2.24) is 0 Å². The molecule has 0 saturated carbocycles. The first-order valence-corrected chi connectivity index (χ1v) is 8.71. The van der Waals surface area contributed by atoms with Gasteiger partial charge in [0, 0.05) is 18.6 Å². The number of aryl methyl sites for hydroxylation is 2. The number of benzene rings is 2. The first kappa shape index (κ1) is 21.1. The van der Waals surface area contributed by atoms with Crippen molar-refractivity contribution >= 4 is 17.6 Å². The van der Waals surface area contributed by atoms with Gasteiger partial charge in [-0.1, -0.05) is 12.1 Å². The van der Waals surface area contributed by atoms with Crippen molar-refractivity contribution < 1.29 is 28.5 Å². The molecule has 2 rings (SSSR count). The minimum Gasteiger partial charge on any atom is -0.496 e. The van der Waals surface area contributed by atoms with Crippen LogP contribution < -0.4 is 19.5 Å². The monoisotopic (exact) mass is 387 g/mol. The average Bonchev–Trinajstić information content (AvgIpc) is 2.71. The third-order valence-electron chi connectivity index (χ3n) is 4.30. The number of esters is 1. The molecule has 2 aromatic carbocycles. The molecule has 2 aromatic rings. The van der Waals surface area contributed by atoms with Crippen LogP contribution >= 0.6 is 0 Å². The van der Waals surface area contributed by atoms with Crippen LogP contribution in [0.15, 0.2) is 30.3 Å². The molecule has 0 radical (unpaired) electrons. The number of amides is 1. The zero-order valence-corrected chi connectivity index (χ0v) is 16.8. The summed E-state index contributed by atoms with van der Waals surface area (Å²) in [6.45, 7) is 1.95. The Balaban J connectivity index is 2.16. The van der Waals surface area contributed by atoms with Gasteiger partial charge < -0.3 is 24.3 Å². The van der Waals surface area contributed by atoms with E-state index in [1.165, 1.54) is 27.4 Å². The van der Waals surface area contributed by atoms with Crippen molar-refractivity contribution in [2.75, 3.05) is 33.8 Å². The molecule has 0 aliphatic carbocycles. The first-order chi connectivity index (χ1) is 13.4. The maximum absolute atomic E-state index is 12.5. The van der Waals surface area contributed by atoms with Crippen molar-refractivity contribution in [3.05, 3.63) is 47.0 Å². The number of rotatable bonds is 8. The van der Waals surface area contributed by atoms with E-state index in [1.54, 1.807) is 13.2 Å². The second-order valence-electron chi connectivity index (χ2n) is 6.10. The Labute approximate surface area is 164 Å². The minimum absolute atomic E-state index is 0.189. The quantitative estimate of drug-likeness (QED) is 0.699. The molecule has 28 heavy (non-hydrogen) atoms. The summed E-state index contributed by atoms with van der Waals surface area (Å²) < 4.78 is 20.5. The fourth-order valence-electron chi connectivity index (χ4n) is 2.83. The van der Waals surface area contributed by atoms with Gasteiger partial charge in [0.25, 0.3) is 0 Å². The molecule has 1 N–H and O–H groups in total. The maximum Gasteiger partial charge on any atom is 0.340 e. The van der Waals surface area contributed by atoms with E-state index in [0.717, 1.165) is 16.9 Å². The number of anilines is 1. The summed E-state index contributed by atoms with van der Waals surface area (Å²) in [6, 6.07) is 8.82. The molecular formula is C21H25NO6. The van der Waals surface area contributed by atoms with Crippen molar-refractivity contribution in [2.45, 2.75) is 19.8 Å². The fraction of sp³-hybridized carbons (Fsp3) is 0.333. The summed E-state index contributed by atoms with van der Waals surface area (Å²) in [7, 11) is 5.84. The normalized spacial score (nSPS) is 10.2. The SMILES string of the molecule is COC(=O)c1cc(OC)c(OC)cc1NC(=O)CCc1ccc(OC)c(C)c1. The topological polar surface area (TPSA) is 83.1 Å². The Morgan fingerprint density at radius 2 is 1.54 bits per heavy atom. The summed E-state index contributed by atoms with van der Waals surface area (Å²) in [4.78, 5) is 24.5. The van der Waals surface area contributed by atoms with E-state index < -0.39 is 5.97 Å². The molecule has 0 bridgehead atoms. The Morgan fingerprint density at radius 1 is 0.893 bits per heavy atom. The molecule has 0 unspecified atom stereocenters. The third kappa shape index (κ3) is 4.94. The van der Waals surface area contributed by atoms with Gasteiger partial charge in [0.05, 0.1) is 39.7 Å². The molecule has 0 spiro atoms. The molecule has 0 aliphatic heterocycles. The summed E-state index contributed by atoms with van der Waals surface area (Å²) in [5.41, 5.74) is 2.52. The van der Waals surface area contributed by atoms with Gasteiger partial charge in [0.15, 0.2) is 11.5 Å². The van der Waals surface area contributed by atoms with E-state index in [4.69, 9.17) is 18.9 Å². The van der Waals surface area contributed by atoms with Crippen molar-refractivity contribution in [2.24, 2.45) is 0 Å². The summed E-state index contributed by atoms with van der Waals surface area (Å²) >= 11 is 0. The largest absolute Gasteiger partial charge is 0.496 e. The van der Waals surface area contributed by atoms with E-state index in [9.17, 15) is 9.59 Å². The fourth-order valence-corrected chi connectivity index (χ4v) is 2.83. The predicted molar refractivity (Wildman–Crippen MR) is 106 cm³/mol. The predicted octanol–water partition coefficient (Wildman–Crippen LogP) is 3.38. The van der Waals surface area contributed by atoms with Crippen LogP contribution in [0, 0.1) is 6.92 Å². The van der Waals surface area contributed by atoms with E-state index >= 15 is 0 Å². The van der Waals surface area contributed by atoms with Gasteiger partial charge in [-0.15, -0.1) is 0 Å². The molecule has 7 heteroatoms. The minimum atomic E-state index is -0.581. The van der Waals surface area contributed by atoms with Gasteiger partial charge in [-0.25, -0.2) is 4.79 Å². The Morgan fingerprint density at radius 3 is 2.11 bits per heavy atom. The lowest BCUT2D eigenvalue weighted by molar-refractivity contribution is -0.116. The lowest BCUT2D eigenvalue weighted by atomic mass is 10.1. The second-order valence-corrected chi connectivity index (χ2v) is 6.10. The van der Waals surface area contributed by atoms with Crippen LogP contribution in [0.3, 0.4) is 0 Å². The Hall–Kier alpha value is -3.22. The highest BCUT2D eigenvalue weighted by molar-refractivity contribution is 6.02. The summed E-state index contributed by atoms with van der Waals surface area (Å²) in [5.74, 6) is 0.764. The molecule has 0 aliphatic rings. The third-order valence-corrected chi connectivity index (χ3v) is 4.30. The molecule has 150 valence electrons. The highest BCUT2D eigenvalue weighted by Crippen LogP contribution is 2.34. The Bertz CT molecular complexity index is 862. The maximum atomic E-state index is 12.5. The summed E-state index contributed by atoms with van der Waals surface area (Å²) in [5, 5.41) is 2.76. The molecule has 0 fully saturated rings. The van der Waals surface area contributed by atoms with Crippen LogP contribution in [0.1, 0.15) is 27.9 Å². The number of hydrogen-bond acceptors (Lipinski definition) is 6. The number of ether oxygens (including phenoxy) is 4. The average molecular weight is 387 g/mol. The molecule has 0 saturated heterocycles. The number of carbonyl (C=O) groups excluding carboxylic acids is 2. The standard InChI is InChI=1S/C21H25NO6/c1-13-10-14(6-8-17(13)25-2)7-9-20(23)22-16-12-19(27-4)18(26-3)11-15(16)21(24)28-5/h6,8,10-12H,7,9H2,1-5H3,(H,22,23). The van der Waals surface area contributed by atoms with Gasteiger partial charge >= 0.3 is 5.97 Å². The van der Waals surface area contributed by atoms with Crippen LogP contribution in [-0.2, 0) is 16.0 Å². The zero-order chi connectivity index (χ0) is 20.7. The van der Waals surface area contributed by atoms with Crippen LogP contribution in [0.5, 0.6) is 17.2 Å². The molecule has 0 heterocycles. The van der Waals surface area contributed by atoms with Crippen LogP contribution in [0.2, 0.25) is 0 Å². The molecular weight excluding hydrogens is 362 g/mol. The van der Waals surface area contributed by atoms with Gasteiger partial charge in [0.2, 0.25) is 5.91 Å². The Kier molecular flexibility index (Phi) is 7.26. The zero-order valence-electron chi connectivity index (χ0n) is 16.8. The second kappa shape index (κ2) is 9.64. The van der Waals surface area contributed by atoms with Crippen LogP contribution in [-0.4, -0.2) is 40.3 Å². The van der Waals surface area contributed by atoms with Crippen LogP contribution in [0.4, 0.5) is 5.69 Å². The number of hydrogen-bond donors (Lipinski definition) is 1. The first-order valence-electron chi connectivity index (χ1n) is 8.71. The highest BCUT2D eigenvalue weighted by Gasteiger charge is 2.19. The van der Waals surface area contributed by atoms with E-state index in [1.807, 2.05) is 25.1 Å². The van der Waals surface area contributed by atoms with Gasteiger partial charge in [-0.3, -0.25) is 4.79 Å². The molecule has 7 nitrogen and oxygen atoms in total. The molecule has 1 amide bonds. The lowest BCUT2D eigenvalue weighted by Gasteiger charge is -2.14. The smallest absolute Gasteiger partial charge is 0.340 e. The van der Waals surface area contributed by atoms with Crippen molar-refractivity contribution in [1.29, 1.82) is 0 Å². The number of nitrogens with one attached hydrogen (secondary N) is 1. The highest BCUT2D eigenvalue weighted by atomic mass is 16.5. The number of methoxy groups -OCH3 is 4. The lowest BCUT2D eigenvalue weighted by Crippen LogP contribution is -2.16. The van der Waals surface area contributed by atoms with E-state index in [2.05, 4.69) is 5.32 Å². The van der Waals surface area contributed by atoms with Gasteiger partial charge in [0.1, 0.15) is 5.75 Å². The van der Waals surface area contributed by atoms with E-state index in [-0.39, 0.29) is 17.9 Å².